The number of rotatable bonds is 2. The minimum Gasteiger partial charge on any atom is -0.351 e. The van der Waals surface area contributed by atoms with Crippen LogP contribution in [-0.2, 0) is 0 Å². The van der Waals surface area contributed by atoms with Crippen LogP contribution >= 0.6 is 0 Å². The summed E-state index contributed by atoms with van der Waals surface area (Å²) in [4.78, 5) is 15.5. The highest BCUT2D eigenvalue weighted by molar-refractivity contribution is 6.06. The molecular weight excluding hydrogens is 272 g/mol. The summed E-state index contributed by atoms with van der Waals surface area (Å²) in [5, 5.41) is 6.24. The predicted octanol–water partition coefficient (Wildman–Crippen LogP) is 4.57. The number of nitrogens with one attached hydrogen (secondary N) is 2. The Hall–Kier alpha value is -3.07. The molecule has 106 valence electrons. The van der Waals surface area contributed by atoms with Crippen molar-refractivity contribution in [1.82, 2.24) is 4.98 Å². The summed E-state index contributed by atoms with van der Waals surface area (Å²) >= 11 is 0. The van der Waals surface area contributed by atoms with Gasteiger partial charge in [-0.25, -0.2) is 0 Å². The first-order valence-corrected chi connectivity index (χ1v) is 7.17. The van der Waals surface area contributed by atoms with Gasteiger partial charge in [-0.05, 0) is 35.0 Å². The number of hydrogen-bond acceptors (Lipinski definition) is 1. The van der Waals surface area contributed by atoms with E-state index in [1.54, 1.807) is 0 Å². The van der Waals surface area contributed by atoms with Gasteiger partial charge in [0.15, 0.2) is 0 Å². The first kappa shape index (κ1) is 12.7. The summed E-state index contributed by atoms with van der Waals surface area (Å²) < 4.78 is 0. The monoisotopic (exact) mass is 286 g/mol. The van der Waals surface area contributed by atoms with Crippen LogP contribution in [0.25, 0.3) is 21.7 Å². The summed E-state index contributed by atoms with van der Waals surface area (Å²) in [6.45, 7) is 0. The molecule has 1 amide bonds. The normalized spacial score (nSPS) is 10.9. The molecule has 0 aliphatic rings. The fourth-order valence-electron chi connectivity index (χ4n) is 2.66. The molecule has 22 heavy (non-hydrogen) atoms. The maximum Gasteiger partial charge on any atom is 0.272 e. The molecule has 3 nitrogen and oxygen atoms in total. The number of carbonyl (C=O) groups excluding carboxylic acids is 1. The van der Waals surface area contributed by atoms with Crippen molar-refractivity contribution in [2.75, 3.05) is 5.32 Å². The fourth-order valence-corrected chi connectivity index (χ4v) is 2.66. The number of carbonyl (C=O) groups is 1. The molecule has 0 fully saturated rings. The average Bonchev–Trinajstić information content (AvgIpc) is 2.99. The molecule has 4 aromatic rings. The lowest BCUT2D eigenvalue weighted by molar-refractivity contribution is 0.102. The minimum absolute atomic E-state index is 0.133. The number of para-hydroxylation sites is 1. The standard InChI is InChI=1S/C19H14N2O/c22-19(18-12-15-7-3-4-8-17(15)21-18)20-16-10-9-13-5-1-2-6-14(13)11-16/h1-12,21H,(H,20,22). The van der Waals surface area contributed by atoms with Crippen molar-refractivity contribution in [2.24, 2.45) is 0 Å². The van der Waals surface area contributed by atoms with Gasteiger partial charge in [0.2, 0.25) is 0 Å². The minimum atomic E-state index is -0.133. The number of amides is 1. The Morgan fingerprint density at radius 1 is 0.773 bits per heavy atom. The van der Waals surface area contributed by atoms with Gasteiger partial charge in [0, 0.05) is 16.6 Å². The Balaban J connectivity index is 1.64. The van der Waals surface area contributed by atoms with E-state index in [2.05, 4.69) is 16.4 Å². The average molecular weight is 286 g/mol. The smallest absolute Gasteiger partial charge is 0.272 e. The van der Waals surface area contributed by atoms with Gasteiger partial charge in [-0.1, -0.05) is 48.5 Å². The molecule has 3 aromatic carbocycles. The van der Waals surface area contributed by atoms with Crippen molar-refractivity contribution >= 4 is 33.3 Å². The molecule has 0 saturated heterocycles. The van der Waals surface area contributed by atoms with Crippen molar-refractivity contribution < 1.29 is 4.79 Å². The number of aromatic amines is 1. The fraction of sp³-hybridized carbons (Fsp3) is 0. The van der Waals surface area contributed by atoms with E-state index in [0.29, 0.717) is 5.69 Å². The summed E-state index contributed by atoms with van der Waals surface area (Å²) in [6.07, 6.45) is 0. The predicted molar refractivity (Wildman–Crippen MR) is 90.2 cm³/mol. The van der Waals surface area contributed by atoms with Crippen molar-refractivity contribution in [3.05, 3.63) is 78.5 Å². The summed E-state index contributed by atoms with van der Waals surface area (Å²) in [6, 6.07) is 23.7. The second-order valence-electron chi connectivity index (χ2n) is 5.29. The zero-order chi connectivity index (χ0) is 14.9. The summed E-state index contributed by atoms with van der Waals surface area (Å²) in [7, 11) is 0. The van der Waals surface area contributed by atoms with E-state index in [-0.39, 0.29) is 5.91 Å². The third-order valence-electron chi connectivity index (χ3n) is 3.78. The van der Waals surface area contributed by atoms with Crippen molar-refractivity contribution in [3.8, 4) is 0 Å². The Labute approximate surface area is 127 Å². The molecule has 0 atom stereocenters. The van der Waals surface area contributed by atoms with Crippen LogP contribution in [0.3, 0.4) is 0 Å². The molecule has 1 heterocycles. The van der Waals surface area contributed by atoms with Gasteiger partial charge in [0.05, 0.1) is 0 Å². The zero-order valence-corrected chi connectivity index (χ0v) is 11.8. The van der Waals surface area contributed by atoms with Crippen LogP contribution in [-0.4, -0.2) is 10.9 Å². The van der Waals surface area contributed by atoms with Crippen molar-refractivity contribution in [1.29, 1.82) is 0 Å². The highest BCUT2D eigenvalue weighted by atomic mass is 16.1. The molecule has 4 rings (SSSR count). The number of benzene rings is 3. The van der Waals surface area contributed by atoms with Crippen LogP contribution in [0.5, 0.6) is 0 Å². The largest absolute Gasteiger partial charge is 0.351 e. The number of anilines is 1. The number of fused-ring (bicyclic) bond motifs is 2. The molecule has 3 heteroatoms. The second kappa shape index (κ2) is 5.04. The first-order valence-electron chi connectivity index (χ1n) is 7.17. The van der Waals surface area contributed by atoms with E-state index < -0.39 is 0 Å². The number of aromatic nitrogens is 1. The van der Waals surface area contributed by atoms with Crippen LogP contribution in [0.4, 0.5) is 5.69 Å². The maximum absolute atomic E-state index is 12.4. The van der Waals surface area contributed by atoms with Gasteiger partial charge >= 0.3 is 0 Å². The molecule has 0 saturated carbocycles. The molecule has 0 bridgehead atoms. The zero-order valence-electron chi connectivity index (χ0n) is 11.8. The van der Waals surface area contributed by atoms with Gasteiger partial charge in [-0.2, -0.15) is 0 Å². The topological polar surface area (TPSA) is 44.9 Å². The van der Waals surface area contributed by atoms with E-state index in [1.807, 2.05) is 66.7 Å². The molecular formula is C19H14N2O. The Kier molecular flexibility index (Phi) is 2.90. The van der Waals surface area contributed by atoms with Crippen molar-refractivity contribution in [2.45, 2.75) is 0 Å². The van der Waals surface area contributed by atoms with Crippen LogP contribution in [0.2, 0.25) is 0 Å². The molecule has 0 unspecified atom stereocenters. The number of hydrogen-bond donors (Lipinski definition) is 2. The highest BCUT2D eigenvalue weighted by Gasteiger charge is 2.09. The van der Waals surface area contributed by atoms with Crippen LogP contribution in [0.1, 0.15) is 10.5 Å². The third-order valence-corrected chi connectivity index (χ3v) is 3.78. The van der Waals surface area contributed by atoms with Gasteiger partial charge in [0.1, 0.15) is 5.69 Å². The van der Waals surface area contributed by atoms with Gasteiger partial charge < -0.3 is 10.3 Å². The molecule has 2 N–H and O–H groups in total. The Bertz CT molecular complexity index is 952. The van der Waals surface area contributed by atoms with Gasteiger partial charge in [-0.15, -0.1) is 0 Å². The van der Waals surface area contributed by atoms with E-state index in [4.69, 9.17) is 0 Å². The van der Waals surface area contributed by atoms with Gasteiger partial charge in [-0.3, -0.25) is 4.79 Å². The second-order valence-corrected chi connectivity index (χ2v) is 5.29. The van der Waals surface area contributed by atoms with Gasteiger partial charge in [0.25, 0.3) is 5.91 Å². The molecule has 0 aliphatic carbocycles. The Morgan fingerprint density at radius 3 is 2.32 bits per heavy atom. The van der Waals surface area contributed by atoms with Crippen LogP contribution < -0.4 is 5.32 Å². The van der Waals surface area contributed by atoms with E-state index in [1.165, 1.54) is 0 Å². The van der Waals surface area contributed by atoms with Crippen molar-refractivity contribution in [3.63, 3.8) is 0 Å². The molecule has 0 radical (unpaired) electrons. The van der Waals surface area contributed by atoms with E-state index in [9.17, 15) is 4.79 Å². The summed E-state index contributed by atoms with van der Waals surface area (Å²) in [5.74, 6) is -0.133. The summed E-state index contributed by atoms with van der Waals surface area (Å²) in [5.41, 5.74) is 2.32. The Morgan fingerprint density at radius 2 is 1.50 bits per heavy atom. The van der Waals surface area contributed by atoms with Crippen LogP contribution in [0.15, 0.2) is 72.8 Å². The lowest BCUT2D eigenvalue weighted by Gasteiger charge is -2.05. The maximum atomic E-state index is 12.4. The lowest BCUT2D eigenvalue weighted by atomic mass is 10.1. The molecule has 0 aliphatic heterocycles. The first-order chi connectivity index (χ1) is 10.8. The quantitative estimate of drug-likeness (QED) is 0.557. The van der Waals surface area contributed by atoms with E-state index >= 15 is 0 Å². The van der Waals surface area contributed by atoms with E-state index in [0.717, 1.165) is 27.4 Å². The number of H-pyrrole nitrogens is 1. The molecule has 0 spiro atoms. The molecule has 1 aromatic heterocycles. The SMILES string of the molecule is O=C(Nc1ccc2ccccc2c1)c1cc2ccccc2[nH]1. The van der Waals surface area contributed by atoms with Crippen LogP contribution in [0, 0.1) is 0 Å². The lowest BCUT2D eigenvalue weighted by Crippen LogP contribution is -2.12. The highest BCUT2D eigenvalue weighted by Crippen LogP contribution is 2.20. The third kappa shape index (κ3) is 2.23.